The summed E-state index contributed by atoms with van der Waals surface area (Å²) in [4.78, 5) is 0. The molecule has 0 amide bonds. The standard InChI is InChI=1S/C8H17NO4/c1-4-6(10)8(12)7(11)5(13-4)3-9-2/h4-12H,3H2,1-2H3. The smallest absolute Gasteiger partial charge is 0.111 e. The fraction of sp³-hybridized carbons (Fsp3) is 1.00. The van der Waals surface area contributed by atoms with Crippen molar-refractivity contribution < 1.29 is 20.1 Å². The third kappa shape index (κ3) is 2.18. The molecule has 4 N–H and O–H groups in total. The Morgan fingerprint density at radius 1 is 1.15 bits per heavy atom. The van der Waals surface area contributed by atoms with E-state index in [0.29, 0.717) is 6.54 Å². The van der Waals surface area contributed by atoms with Gasteiger partial charge in [0, 0.05) is 6.54 Å². The zero-order valence-corrected chi connectivity index (χ0v) is 7.84. The van der Waals surface area contributed by atoms with Gasteiger partial charge in [-0.05, 0) is 14.0 Å². The third-order valence-electron chi connectivity index (χ3n) is 2.36. The molecule has 1 fully saturated rings. The molecule has 0 spiro atoms. The van der Waals surface area contributed by atoms with E-state index >= 15 is 0 Å². The SMILES string of the molecule is CNCC1OC(C)C(O)C(O)C1O. The molecule has 1 heterocycles. The molecule has 0 bridgehead atoms. The van der Waals surface area contributed by atoms with Gasteiger partial charge in [0.05, 0.1) is 12.2 Å². The van der Waals surface area contributed by atoms with E-state index in [0.717, 1.165) is 0 Å². The van der Waals surface area contributed by atoms with Crippen LogP contribution >= 0.6 is 0 Å². The van der Waals surface area contributed by atoms with E-state index < -0.39 is 30.5 Å². The van der Waals surface area contributed by atoms with Gasteiger partial charge in [-0.3, -0.25) is 0 Å². The molecule has 5 unspecified atom stereocenters. The Hall–Kier alpha value is -0.200. The topological polar surface area (TPSA) is 82.0 Å². The number of rotatable bonds is 2. The number of ether oxygens (including phenoxy) is 1. The van der Waals surface area contributed by atoms with E-state index in [1.807, 2.05) is 0 Å². The molecule has 78 valence electrons. The van der Waals surface area contributed by atoms with E-state index in [2.05, 4.69) is 5.32 Å². The maximum Gasteiger partial charge on any atom is 0.111 e. The van der Waals surface area contributed by atoms with Gasteiger partial charge in [0.2, 0.25) is 0 Å². The summed E-state index contributed by atoms with van der Waals surface area (Å²) in [6, 6.07) is 0. The Morgan fingerprint density at radius 2 is 1.77 bits per heavy atom. The molecule has 13 heavy (non-hydrogen) atoms. The van der Waals surface area contributed by atoms with Crippen molar-refractivity contribution in [3.8, 4) is 0 Å². The average molecular weight is 191 g/mol. The fourth-order valence-electron chi connectivity index (χ4n) is 1.51. The van der Waals surface area contributed by atoms with Crippen LogP contribution in [0.15, 0.2) is 0 Å². The summed E-state index contributed by atoms with van der Waals surface area (Å²) in [5.74, 6) is 0. The van der Waals surface area contributed by atoms with Crippen LogP contribution < -0.4 is 5.32 Å². The minimum atomic E-state index is -1.12. The van der Waals surface area contributed by atoms with E-state index in [4.69, 9.17) is 4.74 Å². The molecular weight excluding hydrogens is 174 g/mol. The Morgan fingerprint density at radius 3 is 2.31 bits per heavy atom. The first-order chi connectivity index (χ1) is 6.07. The Balaban J connectivity index is 2.59. The first-order valence-electron chi connectivity index (χ1n) is 4.42. The average Bonchev–Trinajstić information content (AvgIpc) is 2.11. The number of likely N-dealkylation sites (N-methyl/N-ethyl adjacent to an activating group) is 1. The van der Waals surface area contributed by atoms with Crippen LogP contribution in [0.25, 0.3) is 0 Å². The second kappa shape index (κ2) is 4.34. The lowest BCUT2D eigenvalue weighted by Gasteiger charge is -2.39. The van der Waals surface area contributed by atoms with Gasteiger partial charge in [-0.2, -0.15) is 0 Å². The maximum absolute atomic E-state index is 9.48. The second-order valence-corrected chi connectivity index (χ2v) is 3.41. The molecule has 5 atom stereocenters. The Bertz CT molecular complexity index is 166. The predicted molar refractivity (Wildman–Crippen MR) is 46.3 cm³/mol. The number of hydrogen-bond acceptors (Lipinski definition) is 5. The zero-order valence-electron chi connectivity index (χ0n) is 7.84. The highest BCUT2D eigenvalue weighted by molar-refractivity contribution is 4.90. The summed E-state index contributed by atoms with van der Waals surface area (Å²) in [6.45, 7) is 2.12. The fourth-order valence-corrected chi connectivity index (χ4v) is 1.51. The normalized spacial score (nSPS) is 46.4. The highest BCUT2D eigenvalue weighted by Crippen LogP contribution is 2.20. The quantitative estimate of drug-likeness (QED) is 0.409. The van der Waals surface area contributed by atoms with E-state index in [1.165, 1.54) is 0 Å². The maximum atomic E-state index is 9.48. The highest BCUT2D eigenvalue weighted by atomic mass is 16.5. The van der Waals surface area contributed by atoms with Crippen molar-refractivity contribution in [1.29, 1.82) is 0 Å². The molecule has 1 rings (SSSR count). The van der Waals surface area contributed by atoms with Crippen molar-refractivity contribution in [1.82, 2.24) is 5.32 Å². The van der Waals surface area contributed by atoms with Crippen molar-refractivity contribution in [2.45, 2.75) is 37.4 Å². The highest BCUT2D eigenvalue weighted by Gasteiger charge is 2.41. The van der Waals surface area contributed by atoms with Crippen LogP contribution in [-0.2, 0) is 4.74 Å². The third-order valence-corrected chi connectivity index (χ3v) is 2.36. The van der Waals surface area contributed by atoms with Crippen LogP contribution in [0.1, 0.15) is 6.92 Å². The van der Waals surface area contributed by atoms with Crippen LogP contribution in [0.2, 0.25) is 0 Å². The lowest BCUT2D eigenvalue weighted by molar-refractivity contribution is -0.215. The van der Waals surface area contributed by atoms with Gasteiger partial charge in [-0.1, -0.05) is 0 Å². The van der Waals surface area contributed by atoms with Gasteiger partial charge in [0.25, 0.3) is 0 Å². The van der Waals surface area contributed by atoms with Crippen molar-refractivity contribution >= 4 is 0 Å². The first kappa shape index (κ1) is 10.9. The predicted octanol–water partition coefficient (Wildman–Crippen LogP) is -1.92. The van der Waals surface area contributed by atoms with Gasteiger partial charge < -0.3 is 25.4 Å². The van der Waals surface area contributed by atoms with Gasteiger partial charge >= 0.3 is 0 Å². The molecule has 5 heteroatoms. The summed E-state index contributed by atoms with van der Waals surface area (Å²) in [6.07, 6.45) is -4.07. The number of aliphatic hydroxyl groups excluding tert-OH is 3. The molecule has 0 aromatic heterocycles. The van der Waals surface area contributed by atoms with Crippen LogP contribution in [0, 0.1) is 0 Å². The minimum absolute atomic E-state index is 0.447. The number of aliphatic hydroxyl groups is 3. The van der Waals surface area contributed by atoms with E-state index in [9.17, 15) is 15.3 Å². The monoisotopic (exact) mass is 191 g/mol. The molecule has 1 aliphatic heterocycles. The summed E-state index contributed by atoms with van der Waals surface area (Å²) in [5, 5.41) is 31.1. The molecule has 5 nitrogen and oxygen atoms in total. The van der Waals surface area contributed by atoms with Crippen LogP contribution in [0.4, 0.5) is 0 Å². The number of nitrogens with one attached hydrogen (secondary N) is 1. The number of hydrogen-bond donors (Lipinski definition) is 4. The Kier molecular flexibility index (Phi) is 3.63. The summed E-state index contributed by atoms with van der Waals surface area (Å²) < 4.78 is 5.30. The molecule has 0 saturated carbocycles. The zero-order chi connectivity index (χ0) is 10.0. The van der Waals surface area contributed by atoms with Crippen molar-refractivity contribution in [2.75, 3.05) is 13.6 Å². The first-order valence-corrected chi connectivity index (χ1v) is 4.42. The summed E-state index contributed by atoms with van der Waals surface area (Å²) >= 11 is 0. The molecule has 0 radical (unpaired) electrons. The molecule has 1 aliphatic rings. The van der Waals surface area contributed by atoms with Gasteiger partial charge in [0.1, 0.15) is 18.3 Å². The molecule has 0 aromatic carbocycles. The lowest BCUT2D eigenvalue weighted by Crippen LogP contribution is -2.58. The minimum Gasteiger partial charge on any atom is -0.388 e. The van der Waals surface area contributed by atoms with Gasteiger partial charge in [-0.25, -0.2) is 0 Å². The molecule has 0 aliphatic carbocycles. The summed E-state index contributed by atoms with van der Waals surface area (Å²) in [5.41, 5.74) is 0. The largest absolute Gasteiger partial charge is 0.388 e. The lowest BCUT2D eigenvalue weighted by atomic mass is 9.96. The second-order valence-electron chi connectivity index (χ2n) is 3.41. The van der Waals surface area contributed by atoms with Crippen LogP contribution in [0.5, 0.6) is 0 Å². The van der Waals surface area contributed by atoms with Gasteiger partial charge in [-0.15, -0.1) is 0 Å². The molecule has 1 saturated heterocycles. The molecule has 0 aromatic rings. The van der Waals surface area contributed by atoms with Gasteiger partial charge in [0.15, 0.2) is 0 Å². The van der Waals surface area contributed by atoms with E-state index in [-0.39, 0.29) is 0 Å². The van der Waals surface area contributed by atoms with Crippen LogP contribution in [-0.4, -0.2) is 59.4 Å². The Labute approximate surface area is 77.3 Å². The van der Waals surface area contributed by atoms with Crippen molar-refractivity contribution in [3.05, 3.63) is 0 Å². The van der Waals surface area contributed by atoms with Crippen molar-refractivity contribution in [2.24, 2.45) is 0 Å². The molecular formula is C8H17NO4. The van der Waals surface area contributed by atoms with E-state index in [1.54, 1.807) is 14.0 Å². The van der Waals surface area contributed by atoms with Crippen molar-refractivity contribution in [3.63, 3.8) is 0 Å². The summed E-state index contributed by atoms with van der Waals surface area (Å²) in [7, 11) is 1.73. The van der Waals surface area contributed by atoms with Crippen LogP contribution in [0.3, 0.4) is 0 Å².